The molecule has 3 aliphatic heterocycles. The molecule has 4 aromatic heterocycles. The first kappa shape index (κ1) is 89.6. The fourth-order valence-corrected chi connectivity index (χ4v) is 14.9. The molecular weight excluding hydrogens is 1500 g/mol. The molecule has 0 bridgehead atoms. The van der Waals surface area contributed by atoms with Gasteiger partial charge in [-0.3, -0.25) is 0 Å². The minimum absolute atomic E-state index is 0.212. The molecule has 0 amide bonds. The Hall–Kier alpha value is -10.2. The number of aliphatic hydroxyl groups is 4. The lowest BCUT2D eigenvalue weighted by Gasteiger charge is -2.32. The van der Waals surface area contributed by atoms with E-state index < -0.39 is 24.4 Å². The zero-order valence-electron chi connectivity index (χ0n) is 70.1. The van der Waals surface area contributed by atoms with Crippen LogP contribution in [0.1, 0.15) is 114 Å². The quantitative estimate of drug-likeness (QED) is 0.0167. The second kappa shape index (κ2) is 48.1. The highest BCUT2D eigenvalue weighted by Gasteiger charge is 2.26. The summed E-state index contributed by atoms with van der Waals surface area (Å²) in [6, 6.07) is 48.3. The van der Waals surface area contributed by atoms with Gasteiger partial charge in [-0.1, -0.05) is 123 Å². The number of rotatable bonds is 34. The van der Waals surface area contributed by atoms with E-state index in [-0.39, 0.29) is 32.5 Å². The molecule has 3 saturated heterocycles. The van der Waals surface area contributed by atoms with Crippen molar-refractivity contribution in [2.24, 2.45) is 0 Å². The minimum Gasteiger partial charge on any atom is -0.491 e. The normalized spacial score (nSPS) is 16.7. The maximum atomic E-state index is 9.95. The van der Waals surface area contributed by atoms with E-state index in [1.54, 1.807) is 27.3 Å². The molecule has 27 heteroatoms. The molecule has 7 heterocycles. The van der Waals surface area contributed by atoms with Crippen LogP contribution in [0.2, 0.25) is 0 Å². The van der Waals surface area contributed by atoms with Crippen LogP contribution in [0.15, 0.2) is 152 Å². The lowest BCUT2D eigenvalue weighted by atomic mass is 9.95. The number of hydrogen-bond donors (Lipinski definition) is 11. The van der Waals surface area contributed by atoms with Gasteiger partial charge in [0.1, 0.15) is 109 Å². The van der Waals surface area contributed by atoms with E-state index in [1.165, 1.54) is 70.6 Å². The Kier molecular flexibility index (Phi) is 36.2. The van der Waals surface area contributed by atoms with E-state index in [0.717, 1.165) is 133 Å². The van der Waals surface area contributed by atoms with Crippen LogP contribution in [0.25, 0.3) is 56.8 Å². The van der Waals surface area contributed by atoms with Crippen LogP contribution in [0, 0.1) is 19.3 Å². The van der Waals surface area contributed by atoms with Crippen molar-refractivity contribution in [1.82, 2.24) is 61.1 Å². The molecule has 4 unspecified atom stereocenters. The molecule has 2 saturated carbocycles. The summed E-state index contributed by atoms with van der Waals surface area (Å²) in [6.07, 6.45) is 24.2. The fraction of sp³-hybridized carbons (Fsp3) is 0.478. The zero-order chi connectivity index (χ0) is 83.3. The molecule has 119 heavy (non-hydrogen) atoms. The maximum absolute atomic E-state index is 9.95. The van der Waals surface area contributed by atoms with Gasteiger partial charge < -0.3 is 95.9 Å². The third kappa shape index (κ3) is 28.8. The van der Waals surface area contributed by atoms with Crippen molar-refractivity contribution >= 4 is 29.1 Å². The van der Waals surface area contributed by atoms with Gasteiger partial charge in [-0.2, -0.15) is 0 Å². The number of nitrogens with zero attached hydrogens (tertiary/aromatic N) is 10. The molecule has 27 nitrogen and oxygen atoms in total. The number of likely N-dealkylation sites (N-methyl/N-ethyl adjacent to an activating group) is 4. The Morgan fingerprint density at radius 1 is 0.454 bits per heavy atom. The van der Waals surface area contributed by atoms with Crippen LogP contribution >= 0.6 is 0 Å². The predicted molar refractivity (Wildman–Crippen MR) is 472 cm³/mol. The zero-order valence-corrected chi connectivity index (χ0v) is 70.1. The summed E-state index contributed by atoms with van der Waals surface area (Å²) in [7, 11) is 9.30. The first-order valence-corrected chi connectivity index (χ1v) is 42.4. The number of aromatic nitrogens is 8. The molecule has 0 radical (unpaired) electrons. The minimum atomic E-state index is -0.573. The van der Waals surface area contributed by atoms with Gasteiger partial charge in [0.2, 0.25) is 0 Å². The van der Waals surface area contributed by atoms with Crippen molar-refractivity contribution in [3.8, 4) is 92.2 Å². The van der Waals surface area contributed by atoms with Crippen LogP contribution in [0.3, 0.4) is 0 Å². The molecule has 2 aliphatic carbocycles. The lowest BCUT2D eigenvalue weighted by Crippen LogP contribution is -2.37. The fourth-order valence-electron chi connectivity index (χ4n) is 14.9. The molecule has 5 aromatic carbocycles. The SMILES string of the molecule is C#Cc1cc(NC2CCCCC2)nc(-c2cccc(OCC(O)CNC)c2)n1.CNCC(O)COc1cccc(-c2nc(-c3ccccc3)cc(N(C)C3CCOCC3)n2)c1.CNCC(O)COc1cccc(-c2nc(N[C@@H]3CCOC3)c(C)c(N3CCCCC3)n2)c1.CNCC(O)COc1cccc(-c2nccc(NC3CCCCC3)n2)c1. The Balaban J connectivity index is 0.000000156. The van der Waals surface area contributed by atoms with E-state index >= 15 is 0 Å². The molecule has 5 atom stereocenters. The van der Waals surface area contributed by atoms with Gasteiger partial charge in [-0.05, 0) is 154 Å². The van der Waals surface area contributed by atoms with Gasteiger partial charge in [0, 0.05) is 136 Å². The number of anilines is 5. The van der Waals surface area contributed by atoms with E-state index in [4.69, 9.17) is 54.8 Å². The van der Waals surface area contributed by atoms with Gasteiger partial charge in [-0.25, -0.2) is 39.9 Å². The topological polar surface area (TPSA) is 330 Å². The monoisotopic (exact) mass is 1630 g/mol. The molecule has 636 valence electrons. The summed E-state index contributed by atoms with van der Waals surface area (Å²) in [5, 5.41) is 61.9. The molecule has 5 fully saturated rings. The highest BCUT2D eigenvalue weighted by Crippen LogP contribution is 2.35. The highest BCUT2D eigenvalue weighted by atomic mass is 16.5. The van der Waals surface area contributed by atoms with Crippen molar-refractivity contribution in [2.45, 2.75) is 158 Å². The van der Waals surface area contributed by atoms with Gasteiger partial charge in [-0.15, -0.1) is 6.42 Å². The predicted octanol–water partition coefficient (Wildman–Crippen LogP) is 11.7. The molecule has 14 rings (SSSR count). The third-order valence-electron chi connectivity index (χ3n) is 21.3. The average Bonchev–Trinajstić information content (AvgIpc) is 1.60. The van der Waals surface area contributed by atoms with Gasteiger partial charge in [0.05, 0.1) is 18.3 Å². The average molecular weight is 1630 g/mol. The summed E-state index contributed by atoms with van der Waals surface area (Å²) >= 11 is 0. The van der Waals surface area contributed by atoms with Gasteiger partial charge >= 0.3 is 0 Å². The summed E-state index contributed by atoms with van der Waals surface area (Å²) in [5.74, 6) is 12.3. The van der Waals surface area contributed by atoms with Crippen LogP contribution in [-0.2, 0) is 9.47 Å². The van der Waals surface area contributed by atoms with Crippen molar-refractivity contribution in [3.05, 3.63) is 163 Å². The Labute approximate surface area is 702 Å². The van der Waals surface area contributed by atoms with Gasteiger partial charge in [0.15, 0.2) is 23.3 Å². The Bertz CT molecular complexity index is 4540. The molecule has 0 spiro atoms. The first-order chi connectivity index (χ1) is 58.2. The van der Waals surface area contributed by atoms with Gasteiger partial charge in [0.25, 0.3) is 0 Å². The van der Waals surface area contributed by atoms with Crippen LogP contribution in [-0.4, -0.2) is 236 Å². The lowest BCUT2D eigenvalue weighted by molar-refractivity contribution is 0.0853. The van der Waals surface area contributed by atoms with E-state index in [0.29, 0.717) is 103 Å². The van der Waals surface area contributed by atoms with Crippen LogP contribution in [0.5, 0.6) is 23.0 Å². The second-order valence-corrected chi connectivity index (χ2v) is 30.9. The molecular formula is C92H123N17O10. The summed E-state index contributed by atoms with van der Waals surface area (Å²) in [6.45, 7) is 10.0. The van der Waals surface area contributed by atoms with E-state index in [1.807, 2.05) is 134 Å². The van der Waals surface area contributed by atoms with Crippen LogP contribution < -0.4 is 66.0 Å². The number of hydrogen-bond acceptors (Lipinski definition) is 27. The second-order valence-electron chi connectivity index (χ2n) is 30.9. The Morgan fingerprint density at radius 3 is 1.39 bits per heavy atom. The molecule has 5 aliphatic rings. The van der Waals surface area contributed by atoms with Crippen molar-refractivity contribution in [1.29, 1.82) is 0 Å². The number of benzene rings is 5. The van der Waals surface area contributed by atoms with Crippen molar-refractivity contribution < 1.29 is 48.8 Å². The summed E-state index contributed by atoms with van der Waals surface area (Å²) < 4.78 is 34.1. The van der Waals surface area contributed by atoms with Crippen molar-refractivity contribution in [3.63, 3.8) is 0 Å². The number of piperidine rings is 1. The summed E-state index contributed by atoms with van der Waals surface area (Å²) in [4.78, 5) is 42.6. The third-order valence-corrected chi connectivity index (χ3v) is 21.3. The summed E-state index contributed by atoms with van der Waals surface area (Å²) in [5.41, 5.74) is 7.06. The number of nitrogens with one attached hydrogen (secondary N) is 7. The number of ether oxygens (including phenoxy) is 6. The first-order valence-electron chi connectivity index (χ1n) is 42.4. The molecule has 9 aromatic rings. The molecule has 11 N–H and O–H groups in total. The largest absolute Gasteiger partial charge is 0.491 e. The van der Waals surface area contributed by atoms with E-state index in [9.17, 15) is 20.4 Å². The highest BCUT2D eigenvalue weighted by molar-refractivity contribution is 5.70. The standard InChI is InChI=1S/C26H32N4O3.C24H35N5O3.C22H28N4O2.C20H28N4O2/c1-27-17-22(31)18-33-23-10-6-9-20(15-23)26-28-24(19-7-4-3-5-8-19)16-25(29-26)30(2)21-11-13-32-14-12-21;1-17-22(26-19-9-12-31-15-19)27-23(28-24(17)29-10-4-3-5-11-29)18-7-6-8-21(13-18)32-16-20(30)14-25-2;1-3-17-13-21(24-18-9-5-4-6-10-18)26-22(25-17)16-8-7-11-20(12-16)28-15-19(27)14-23-2;1-21-13-17(25)14-26-18-9-5-6-15(12-18)20-22-11-10-19(24-20)23-16-7-3-2-4-8-16/h3-10,15-16,21-22,27,31H,11-14,17-18H2,1-2H3;6-8,13,19-20,25,30H,3-5,9-12,14-16H2,1-2H3,(H,26,27,28);1,7-8,11-13,18-19,23,27H,4-6,9-10,14-15H2,2H3,(H,24,25,26);5-6,9-12,16-17,21,25H,2-4,7-8,13-14H2,1H3,(H,22,23,24)/t;19-,20?;;/m.1../s1. The Morgan fingerprint density at radius 2 is 0.908 bits per heavy atom. The smallest absolute Gasteiger partial charge is 0.164 e. The number of terminal acetylenes is 1. The van der Waals surface area contributed by atoms with Crippen LogP contribution in [0.4, 0.5) is 29.1 Å². The maximum Gasteiger partial charge on any atom is 0.164 e. The number of aliphatic hydroxyl groups excluding tert-OH is 4. The van der Waals surface area contributed by atoms with Crippen molar-refractivity contribution in [2.75, 3.05) is 153 Å². The van der Waals surface area contributed by atoms with E-state index in [2.05, 4.69) is 105 Å².